The van der Waals surface area contributed by atoms with Crippen LogP contribution >= 0.6 is 0 Å². The fourth-order valence-electron chi connectivity index (χ4n) is 11.3. The Morgan fingerprint density at radius 3 is 2.00 bits per heavy atom. The smallest absolute Gasteiger partial charge is 0.164 e. The Bertz CT molecular complexity index is 831. The summed E-state index contributed by atoms with van der Waals surface area (Å²) in [5, 5.41) is 0. The highest BCUT2D eigenvalue weighted by Crippen LogP contribution is 2.78. The van der Waals surface area contributed by atoms with Gasteiger partial charge in [-0.25, -0.2) is 0 Å². The third-order valence-electron chi connectivity index (χ3n) is 14.0. The van der Waals surface area contributed by atoms with Crippen molar-refractivity contribution in [2.75, 3.05) is 7.11 Å². The highest BCUT2D eigenvalue weighted by Gasteiger charge is 2.71. The van der Waals surface area contributed by atoms with Crippen LogP contribution in [0.4, 0.5) is 0 Å². The van der Waals surface area contributed by atoms with Gasteiger partial charge in [0, 0.05) is 13.0 Å². The van der Waals surface area contributed by atoms with Gasteiger partial charge in [0.25, 0.3) is 0 Å². The Kier molecular flexibility index (Phi) is 5.24. The van der Waals surface area contributed by atoms with E-state index < -0.39 is 0 Å². The quantitative estimate of drug-likeness (QED) is 0.398. The summed E-state index contributed by atoms with van der Waals surface area (Å²) in [6.07, 6.45) is 13.1. The normalized spacial score (nSPS) is 58.0. The standard InChI is InChI=1S/C31H52O2/c1-20-25(32)21(33-9)18-23-28(20,5)11-10-22-29(23,6)15-17-31(8)24-19-26(2,3)12-13-27(24,4)14-16-30(22,31)7/h20-24H,10-19H2,1-9H3. The molecule has 188 valence electrons. The summed E-state index contributed by atoms with van der Waals surface area (Å²) < 4.78 is 5.80. The topological polar surface area (TPSA) is 26.3 Å². The van der Waals surface area contributed by atoms with Crippen LogP contribution in [0.1, 0.15) is 120 Å². The fraction of sp³-hybridized carbons (Fsp3) is 0.968. The van der Waals surface area contributed by atoms with Crippen molar-refractivity contribution in [1.82, 2.24) is 0 Å². The lowest BCUT2D eigenvalue weighted by Gasteiger charge is -2.75. The molecule has 0 N–H and O–H groups in total. The van der Waals surface area contributed by atoms with Gasteiger partial charge in [-0.3, -0.25) is 4.79 Å². The van der Waals surface area contributed by atoms with Gasteiger partial charge in [0.1, 0.15) is 6.10 Å². The third kappa shape index (κ3) is 2.97. The number of fused-ring (bicyclic) bond motifs is 7. The van der Waals surface area contributed by atoms with Crippen LogP contribution in [0, 0.1) is 56.2 Å². The average molecular weight is 457 g/mol. The molecule has 0 heterocycles. The molecule has 0 aromatic carbocycles. The van der Waals surface area contributed by atoms with Crippen LogP contribution in [-0.2, 0) is 9.53 Å². The lowest BCUT2D eigenvalue weighted by atomic mass is 9.30. The molecule has 33 heavy (non-hydrogen) atoms. The van der Waals surface area contributed by atoms with Crippen molar-refractivity contribution < 1.29 is 9.53 Å². The first-order valence-electron chi connectivity index (χ1n) is 14.2. The van der Waals surface area contributed by atoms with Gasteiger partial charge in [-0.2, -0.15) is 0 Å². The van der Waals surface area contributed by atoms with Crippen molar-refractivity contribution in [2.45, 2.75) is 126 Å². The number of rotatable bonds is 1. The summed E-state index contributed by atoms with van der Waals surface area (Å²) in [6.45, 7) is 20.5. The first kappa shape index (κ1) is 24.3. The van der Waals surface area contributed by atoms with Crippen molar-refractivity contribution in [1.29, 1.82) is 0 Å². The summed E-state index contributed by atoms with van der Waals surface area (Å²) in [5.41, 5.74) is 2.33. The summed E-state index contributed by atoms with van der Waals surface area (Å²) in [7, 11) is 1.76. The first-order valence-corrected chi connectivity index (χ1v) is 14.2. The lowest BCUT2D eigenvalue weighted by Crippen LogP contribution is -2.68. The summed E-state index contributed by atoms with van der Waals surface area (Å²) in [4.78, 5) is 13.2. The molecule has 10 unspecified atom stereocenters. The summed E-state index contributed by atoms with van der Waals surface area (Å²) in [6, 6.07) is 0. The SMILES string of the molecule is COC1CC2C(C)(CCC3C2(C)CCC2(C)C4CC(C)(C)CCC4(C)CCC32C)C(C)C1=O. The van der Waals surface area contributed by atoms with E-state index in [0.29, 0.717) is 38.8 Å². The fourth-order valence-corrected chi connectivity index (χ4v) is 11.3. The third-order valence-corrected chi connectivity index (χ3v) is 14.0. The van der Waals surface area contributed by atoms with Crippen LogP contribution in [0.5, 0.6) is 0 Å². The molecule has 10 atom stereocenters. The summed E-state index contributed by atoms with van der Waals surface area (Å²) >= 11 is 0. The zero-order valence-corrected chi connectivity index (χ0v) is 23.3. The maximum atomic E-state index is 13.2. The molecule has 5 aliphatic carbocycles. The molecule has 5 rings (SSSR count). The predicted molar refractivity (Wildman–Crippen MR) is 136 cm³/mol. The minimum atomic E-state index is -0.191. The zero-order chi connectivity index (χ0) is 24.2. The Morgan fingerprint density at radius 2 is 1.33 bits per heavy atom. The van der Waals surface area contributed by atoms with Gasteiger partial charge in [0.2, 0.25) is 0 Å². The van der Waals surface area contributed by atoms with Crippen molar-refractivity contribution in [3.05, 3.63) is 0 Å². The number of Topliss-reactive ketones (excluding diaryl/α,β-unsaturated/α-hetero) is 1. The first-order chi connectivity index (χ1) is 15.2. The number of methoxy groups -OCH3 is 1. The van der Waals surface area contributed by atoms with E-state index in [0.717, 1.165) is 18.3 Å². The Morgan fingerprint density at radius 1 is 0.727 bits per heavy atom. The maximum absolute atomic E-state index is 13.2. The molecule has 0 aromatic rings. The molecule has 0 aliphatic heterocycles. The monoisotopic (exact) mass is 456 g/mol. The van der Waals surface area contributed by atoms with E-state index in [1.54, 1.807) is 7.11 Å². The Hall–Kier alpha value is -0.370. The molecular formula is C31H52O2. The van der Waals surface area contributed by atoms with Gasteiger partial charge in [-0.15, -0.1) is 0 Å². The molecule has 0 aromatic heterocycles. The van der Waals surface area contributed by atoms with E-state index >= 15 is 0 Å². The average Bonchev–Trinajstić information content (AvgIpc) is 2.75. The second-order valence-corrected chi connectivity index (χ2v) is 15.6. The van der Waals surface area contributed by atoms with Crippen LogP contribution in [0.3, 0.4) is 0 Å². The highest BCUT2D eigenvalue weighted by molar-refractivity contribution is 5.87. The largest absolute Gasteiger partial charge is 0.374 e. The molecule has 2 heteroatoms. The molecule has 2 nitrogen and oxygen atoms in total. The molecule has 0 bridgehead atoms. The molecule has 5 aliphatic rings. The lowest BCUT2D eigenvalue weighted by molar-refractivity contribution is -0.260. The Labute approximate surface area is 204 Å². The molecule has 0 amide bonds. The molecule has 0 radical (unpaired) electrons. The van der Waals surface area contributed by atoms with E-state index in [1.165, 1.54) is 57.8 Å². The van der Waals surface area contributed by atoms with E-state index in [2.05, 4.69) is 55.4 Å². The molecular weight excluding hydrogens is 404 g/mol. The molecule has 5 saturated carbocycles. The Balaban J connectivity index is 1.55. The van der Waals surface area contributed by atoms with Crippen molar-refractivity contribution in [3.8, 4) is 0 Å². The van der Waals surface area contributed by atoms with Crippen LogP contribution in [0.2, 0.25) is 0 Å². The zero-order valence-electron chi connectivity index (χ0n) is 23.3. The van der Waals surface area contributed by atoms with Crippen LogP contribution < -0.4 is 0 Å². The van der Waals surface area contributed by atoms with Crippen molar-refractivity contribution >= 4 is 5.78 Å². The van der Waals surface area contributed by atoms with Gasteiger partial charge in [-0.1, -0.05) is 55.4 Å². The number of carbonyl (C=O) groups is 1. The number of ketones is 1. The van der Waals surface area contributed by atoms with E-state index in [9.17, 15) is 4.79 Å². The number of carbonyl (C=O) groups excluding carboxylic acids is 1. The van der Waals surface area contributed by atoms with Gasteiger partial charge in [0.05, 0.1) is 0 Å². The second-order valence-electron chi connectivity index (χ2n) is 15.6. The molecule has 0 saturated heterocycles. The minimum absolute atomic E-state index is 0.119. The minimum Gasteiger partial charge on any atom is -0.374 e. The van der Waals surface area contributed by atoms with Crippen LogP contribution in [0.15, 0.2) is 0 Å². The highest BCUT2D eigenvalue weighted by atomic mass is 16.5. The van der Waals surface area contributed by atoms with E-state index in [-0.39, 0.29) is 17.4 Å². The van der Waals surface area contributed by atoms with Gasteiger partial charge in [0.15, 0.2) is 5.78 Å². The van der Waals surface area contributed by atoms with Crippen molar-refractivity contribution in [2.24, 2.45) is 56.2 Å². The number of hydrogen-bond donors (Lipinski definition) is 0. The van der Waals surface area contributed by atoms with Gasteiger partial charge in [-0.05, 0) is 114 Å². The van der Waals surface area contributed by atoms with E-state index in [1.807, 2.05) is 0 Å². The van der Waals surface area contributed by atoms with Gasteiger partial charge >= 0.3 is 0 Å². The van der Waals surface area contributed by atoms with Crippen LogP contribution in [-0.4, -0.2) is 19.0 Å². The maximum Gasteiger partial charge on any atom is 0.164 e. The number of ether oxygens (including phenoxy) is 1. The van der Waals surface area contributed by atoms with Crippen LogP contribution in [0.25, 0.3) is 0 Å². The molecule has 5 fully saturated rings. The molecule has 0 spiro atoms. The number of hydrogen-bond acceptors (Lipinski definition) is 2. The second kappa shape index (κ2) is 7.10. The van der Waals surface area contributed by atoms with E-state index in [4.69, 9.17) is 4.74 Å². The van der Waals surface area contributed by atoms with Crippen molar-refractivity contribution in [3.63, 3.8) is 0 Å². The summed E-state index contributed by atoms with van der Waals surface area (Å²) in [5.74, 6) is 2.70. The van der Waals surface area contributed by atoms with Gasteiger partial charge < -0.3 is 4.74 Å². The predicted octanol–water partition coefficient (Wildman–Crippen LogP) is 8.08.